The lowest BCUT2D eigenvalue weighted by molar-refractivity contribution is -0.130. The molecule has 0 aliphatic rings. The van der Waals surface area contributed by atoms with Crippen LogP contribution in [0.1, 0.15) is 22.8 Å². The van der Waals surface area contributed by atoms with E-state index in [1.807, 2.05) is 30.3 Å². The van der Waals surface area contributed by atoms with E-state index in [0.29, 0.717) is 19.2 Å². The Morgan fingerprint density at radius 2 is 1.68 bits per heavy atom. The van der Waals surface area contributed by atoms with Gasteiger partial charge in [-0.2, -0.15) is 0 Å². The maximum Gasteiger partial charge on any atom is 0.254 e. The van der Waals surface area contributed by atoms with Crippen LogP contribution in [0.25, 0.3) is 0 Å². The quantitative estimate of drug-likeness (QED) is 0.815. The number of likely N-dealkylation sites (N-methyl/N-ethyl adjacent to an activating group) is 1. The highest BCUT2D eigenvalue weighted by atomic mass is 19.2. The third-order valence-electron chi connectivity index (χ3n) is 3.63. The number of halogens is 3. The Bertz CT molecular complexity index is 766. The first-order valence-corrected chi connectivity index (χ1v) is 7.67. The number of nitrogens with one attached hydrogen (secondary N) is 1. The molecule has 0 radical (unpaired) electrons. The normalized spacial score (nSPS) is 10.4. The van der Waals surface area contributed by atoms with Gasteiger partial charge >= 0.3 is 0 Å². The minimum absolute atomic E-state index is 0.367. The van der Waals surface area contributed by atoms with Crippen LogP contribution in [0.5, 0.6) is 0 Å². The summed E-state index contributed by atoms with van der Waals surface area (Å²) in [5.41, 5.74) is 0.272. The van der Waals surface area contributed by atoms with Gasteiger partial charge in [0.15, 0.2) is 17.5 Å². The molecule has 0 aliphatic heterocycles. The predicted octanol–water partition coefficient (Wildman–Crippen LogP) is 2.88. The largest absolute Gasteiger partial charge is 0.343 e. The first kappa shape index (κ1) is 18.5. The molecule has 4 nitrogen and oxygen atoms in total. The van der Waals surface area contributed by atoms with Gasteiger partial charge in [0.25, 0.3) is 5.91 Å². The van der Waals surface area contributed by atoms with Crippen molar-refractivity contribution < 1.29 is 22.8 Å². The number of carbonyl (C=O) groups is 2. The lowest BCUT2D eigenvalue weighted by Crippen LogP contribution is -2.40. The van der Waals surface area contributed by atoms with Crippen LogP contribution in [0.4, 0.5) is 13.2 Å². The van der Waals surface area contributed by atoms with Crippen LogP contribution in [0.3, 0.4) is 0 Å². The number of rotatable bonds is 6. The van der Waals surface area contributed by atoms with E-state index >= 15 is 0 Å². The van der Waals surface area contributed by atoms with Gasteiger partial charge in [0, 0.05) is 13.1 Å². The van der Waals surface area contributed by atoms with E-state index in [1.165, 1.54) is 4.90 Å². The summed E-state index contributed by atoms with van der Waals surface area (Å²) in [4.78, 5) is 25.6. The molecule has 0 saturated carbocycles. The van der Waals surface area contributed by atoms with E-state index in [1.54, 1.807) is 6.92 Å². The number of benzene rings is 2. The lowest BCUT2D eigenvalue weighted by Gasteiger charge is -2.21. The number of hydrogen-bond donors (Lipinski definition) is 1. The molecule has 0 aliphatic carbocycles. The fourth-order valence-electron chi connectivity index (χ4n) is 2.24. The fourth-order valence-corrected chi connectivity index (χ4v) is 2.24. The highest BCUT2D eigenvalue weighted by molar-refractivity contribution is 5.96. The van der Waals surface area contributed by atoms with Crippen LogP contribution >= 0.6 is 0 Å². The van der Waals surface area contributed by atoms with Gasteiger partial charge in [-0.1, -0.05) is 30.3 Å². The number of nitrogens with zero attached hydrogens (tertiary/aromatic N) is 1. The average molecular weight is 350 g/mol. The predicted molar refractivity (Wildman–Crippen MR) is 86.2 cm³/mol. The second kappa shape index (κ2) is 8.32. The summed E-state index contributed by atoms with van der Waals surface area (Å²) in [6, 6.07) is 10.8. The summed E-state index contributed by atoms with van der Waals surface area (Å²) in [7, 11) is 0. The molecule has 0 unspecified atom stereocenters. The van der Waals surface area contributed by atoms with Crippen molar-refractivity contribution in [1.29, 1.82) is 0 Å². The molecule has 2 aromatic rings. The van der Waals surface area contributed by atoms with Crippen molar-refractivity contribution in [2.45, 2.75) is 13.5 Å². The first-order valence-electron chi connectivity index (χ1n) is 7.67. The van der Waals surface area contributed by atoms with Crippen molar-refractivity contribution in [1.82, 2.24) is 10.2 Å². The lowest BCUT2D eigenvalue weighted by atomic mass is 10.2. The molecule has 1 N–H and O–H groups in total. The minimum atomic E-state index is -1.72. The van der Waals surface area contributed by atoms with Crippen LogP contribution in [-0.4, -0.2) is 29.8 Å². The van der Waals surface area contributed by atoms with Crippen LogP contribution in [-0.2, 0) is 11.3 Å². The third kappa shape index (κ3) is 4.59. The zero-order valence-corrected chi connectivity index (χ0v) is 13.6. The molecule has 7 heteroatoms. The molecule has 2 rings (SSSR count). The zero-order chi connectivity index (χ0) is 18.4. The highest BCUT2D eigenvalue weighted by Gasteiger charge is 2.20. The van der Waals surface area contributed by atoms with Crippen molar-refractivity contribution in [3.8, 4) is 0 Å². The first-order chi connectivity index (χ1) is 11.9. The van der Waals surface area contributed by atoms with Crippen LogP contribution in [0.15, 0.2) is 42.5 Å². The van der Waals surface area contributed by atoms with E-state index in [-0.39, 0.29) is 12.5 Å². The Balaban J connectivity index is 1.98. The smallest absolute Gasteiger partial charge is 0.254 e. The van der Waals surface area contributed by atoms with E-state index in [0.717, 1.165) is 11.6 Å². The summed E-state index contributed by atoms with van der Waals surface area (Å²) >= 11 is 0. The van der Waals surface area contributed by atoms with Crippen molar-refractivity contribution in [3.63, 3.8) is 0 Å². The summed E-state index contributed by atoms with van der Waals surface area (Å²) in [5, 5.41) is 2.23. The monoisotopic (exact) mass is 350 g/mol. The summed E-state index contributed by atoms with van der Waals surface area (Å²) in [6.45, 7) is 2.20. The van der Waals surface area contributed by atoms with Gasteiger partial charge in [0.05, 0.1) is 12.1 Å². The van der Waals surface area contributed by atoms with Crippen LogP contribution in [0.2, 0.25) is 0 Å². The standard InChI is InChI=1S/C18H17F3N2O2/c1-2-23(11-12-6-4-3-5-7-12)15(24)10-22-18(25)13-8-9-14(19)17(21)16(13)20/h3-9H,2,10-11H2,1H3,(H,22,25). The molecule has 0 bridgehead atoms. The molecule has 25 heavy (non-hydrogen) atoms. The second-order valence-corrected chi connectivity index (χ2v) is 5.30. The maximum atomic E-state index is 13.6. The highest BCUT2D eigenvalue weighted by Crippen LogP contribution is 2.15. The van der Waals surface area contributed by atoms with Crippen molar-refractivity contribution in [2.24, 2.45) is 0 Å². The van der Waals surface area contributed by atoms with Gasteiger partial charge in [0.2, 0.25) is 5.91 Å². The van der Waals surface area contributed by atoms with Crippen molar-refractivity contribution in [3.05, 3.63) is 71.0 Å². The minimum Gasteiger partial charge on any atom is -0.343 e. The van der Waals surface area contributed by atoms with Gasteiger partial charge in [0.1, 0.15) is 0 Å². The maximum absolute atomic E-state index is 13.6. The molecule has 132 valence electrons. The van der Waals surface area contributed by atoms with E-state index in [2.05, 4.69) is 5.32 Å². The Hall–Kier alpha value is -2.83. The molecule has 0 atom stereocenters. The molecule has 2 aromatic carbocycles. The Morgan fingerprint density at radius 1 is 1.00 bits per heavy atom. The number of hydrogen-bond acceptors (Lipinski definition) is 2. The Labute approximate surface area is 143 Å². The Morgan fingerprint density at radius 3 is 2.32 bits per heavy atom. The van der Waals surface area contributed by atoms with Gasteiger partial charge in [-0.05, 0) is 24.6 Å². The van der Waals surface area contributed by atoms with Gasteiger partial charge in [-0.15, -0.1) is 0 Å². The van der Waals surface area contributed by atoms with Crippen molar-refractivity contribution in [2.75, 3.05) is 13.1 Å². The molecule has 0 spiro atoms. The Kier molecular flexibility index (Phi) is 6.16. The summed E-state index contributed by atoms with van der Waals surface area (Å²) in [6.07, 6.45) is 0. The SMILES string of the molecule is CCN(Cc1ccccc1)C(=O)CNC(=O)c1ccc(F)c(F)c1F. The van der Waals surface area contributed by atoms with Crippen LogP contribution in [0, 0.1) is 17.5 Å². The van der Waals surface area contributed by atoms with Gasteiger partial charge in [-0.25, -0.2) is 13.2 Å². The van der Waals surface area contributed by atoms with E-state index in [9.17, 15) is 22.8 Å². The van der Waals surface area contributed by atoms with E-state index < -0.39 is 28.9 Å². The fraction of sp³-hybridized carbons (Fsp3) is 0.222. The molecule has 0 fully saturated rings. The van der Waals surface area contributed by atoms with Crippen molar-refractivity contribution >= 4 is 11.8 Å². The van der Waals surface area contributed by atoms with E-state index in [4.69, 9.17) is 0 Å². The second-order valence-electron chi connectivity index (χ2n) is 5.30. The molecule has 0 saturated heterocycles. The zero-order valence-electron chi connectivity index (χ0n) is 13.6. The molecule has 0 aromatic heterocycles. The molecule has 2 amide bonds. The van der Waals surface area contributed by atoms with Gasteiger partial charge < -0.3 is 10.2 Å². The number of amides is 2. The van der Waals surface area contributed by atoms with Crippen LogP contribution < -0.4 is 5.32 Å². The summed E-state index contributed by atoms with van der Waals surface area (Å²) in [5.74, 6) is -6.05. The summed E-state index contributed by atoms with van der Waals surface area (Å²) < 4.78 is 39.6. The number of carbonyl (C=O) groups excluding carboxylic acids is 2. The topological polar surface area (TPSA) is 49.4 Å². The molecule has 0 heterocycles. The van der Waals surface area contributed by atoms with Gasteiger partial charge in [-0.3, -0.25) is 9.59 Å². The average Bonchev–Trinajstić information content (AvgIpc) is 2.63. The molecular formula is C18H17F3N2O2. The third-order valence-corrected chi connectivity index (χ3v) is 3.63. The molecular weight excluding hydrogens is 333 g/mol.